The lowest BCUT2D eigenvalue weighted by molar-refractivity contribution is -0.127. The fourth-order valence-electron chi connectivity index (χ4n) is 3.83. The van der Waals surface area contributed by atoms with Gasteiger partial charge in [0.15, 0.2) is 0 Å². The third-order valence-electron chi connectivity index (χ3n) is 7.39. The van der Waals surface area contributed by atoms with Gasteiger partial charge in [-0.1, -0.05) is 81.6 Å². The number of nitrogens with one attached hydrogen (secondary N) is 3. The van der Waals surface area contributed by atoms with Gasteiger partial charge in [-0.15, -0.1) is 0 Å². The van der Waals surface area contributed by atoms with Crippen LogP contribution in [0.15, 0.2) is 48.5 Å². The zero-order valence-corrected chi connectivity index (χ0v) is 30.2. The molecule has 1 saturated carbocycles. The van der Waals surface area contributed by atoms with Crippen molar-refractivity contribution in [3.63, 3.8) is 0 Å². The molecule has 0 spiro atoms. The van der Waals surface area contributed by atoms with E-state index < -0.39 is 6.10 Å². The second-order valence-corrected chi connectivity index (χ2v) is 12.5. The molecule has 4 N–H and O–H groups in total. The number of carbonyl (C=O) groups excluding carboxylic acids is 3. The van der Waals surface area contributed by atoms with E-state index in [2.05, 4.69) is 36.7 Å². The third-order valence-corrected chi connectivity index (χ3v) is 7.65. The van der Waals surface area contributed by atoms with E-state index in [4.69, 9.17) is 21.4 Å². The zero-order valence-electron chi connectivity index (χ0n) is 29.4. The van der Waals surface area contributed by atoms with Crippen LogP contribution in [0.25, 0.3) is 0 Å². The maximum atomic E-state index is 11.6. The topological polar surface area (TPSA) is 117 Å². The average molecular weight is 662 g/mol. The van der Waals surface area contributed by atoms with Gasteiger partial charge in [0.2, 0.25) is 12.3 Å². The number of ether oxygens (including phenoxy) is 1. The number of carbonyl (C=O) groups is 3. The van der Waals surface area contributed by atoms with E-state index in [1.54, 1.807) is 20.8 Å². The Bertz CT molecular complexity index is 1070. The maximum absolute atomic E-state index is 11.6. The summed E-state index contributed by atoms with van der Waals surface area (Å²) in [5, 5.41) is 18.4. The summed E-state index contributed by atoms with van der Waals surface area (Å²) in [5.74, 6) is 2.11. The number of amides is 2. The van der Waals surface area contributed by atoms with Crippen molar-refractivity contribution in [2.75, 3.05) is 26.2 Å². The van der Waals surface area contributed by atoms with Crippen molar-refractivity contribution >= 4 is 29.7 Å². The molecule has 2 aromatic rings. The summed E-state index contributed by atoms with van der Waals surface area (Å²) in [7, 11) is 0. The van der Waals surface area contributed by atoms with Crippen molar-refractivity contribution in [1.29, 1.82) is 0 Å². The molecule has 3 rings (SSSR count). The molecule has 2 aromatic carbocycles. The minimum Gasteiger partial charge on any atom is -0.492 e. The molecule has 0 heterocycles. The van der Waals surface area contributed by atoms with Crippen LogP contribution in [0.3, 0.4) is 0 Å². The second kappa shape index (κ2) is 26.2. The van der Waals surface area contributed by atoms with Gasteiger partial charge in [-0.2, -0.15) is 0 Å². The number of aryl methyl sites for hydroxylation is 2. The summed E-state index contributed by atoms with van der Waals surface area (Å²) in [4.78, 5) is 32.7. The van der Waals surface area contributed by atoms with Gasteiger partial charge in [-0.05, 0) is 89.0 Å². The Morgan fingerprint density at radius 1 is 1.02 bits per heavy atom. The van der Waals surface area contributed by atoms with Gasteiger partial charge in [-0.3, -0.25) is 14.4 Å². The normalized spacial score (nSPS) is 13.6. The van der Waals surface area contributed by atoms with Crippen LogP contribution >= 0.6 is 11.6 Å². The summed E-state index contributed by atoms with van der Waals surface area (Å²) >= 11 is 5.61. The molecular formula is C37H60ClN3O5. The molecule has 0 saturated heterocycles. The van der Waals surface area contributed by atoms with Crippen LogP contribution in [-0.4, -0.2) is 61.6 Å². The number of ketones is 1. The van der Waals surface area contributed by atoms with Crippen molar-refractivity contribution < 1.29 is 24.2 Å². The number of rotatable bonds is 16. The molecule has 0 radical (unpaired) electrons. The minimum absolute atomic E-state index is 0.0109. The van der Waals surface area contributed by atoms with E-state index in [0.717, 1.165) is 54.3 Å². The van der Waals surface area contributed by atoms with Crippen molar-refractivity contribution in [1.82, 2.24) is 16.0 Å². The lowest BCUT2D eigenvalue weighted by Crippen LogP contribution is -2.39. The Kier molecular flexibility index (Phi) is 24.5. The smallest absolute Gasteiger partial charge is 0.225 e. The molecule has 0 aliphatic heterocycles. The number of Topliss-reactive ketones (excluding diaryl/α,β-unsaturated/α-hetero) is 1. The Balaban J connectivity index is 0.000000721. The molecule has 46 heavy (non-hydrogen) atoms. The summed E-state index contributed by atoms with van der Waals surface area (Å²) in [6.07, 6.45) is 5.51. The minimum atomic E-state index is -0.563. The first kappa shape index (κ1) is 43.1. The van der Waals surface area contributed by atoms with E-state index in [0.29, 0.717) is 32.2 Å². The van der Waals surface area contributed by atoms with Crippen LogP contribution in [0.1, 0.15) is 85.3 Å². The van der Waals surface area contributed by atoms with Crippen molar-refractivity contribution in [2.24, 2.45) is 17.8 Å². The Morgan fingerprint density at radius 2 is 1.63 bits per heavy atom. The fraction of sp³-hybridized carbons (Fsp3) is 0.595. The SMILES string of the molecule is CC(=O)C(NCCOc1ccccc1CCCNC=O)C1CC1.CCC(C)C.CCNC(=O)C(C)C(C)O.Cc1ccc(Cl)cc1. The Hall–Kier alpha value is -2.94. The lowest BCUT2D eigenvalue weighted by Gasteiger charge is -2.16. The lowest BCUT2D eigenvalue weighted by atomic mass is 10.1. The molecule has 1 fully saturated rings. The molecular weight excluding hydrogens is 602 g/mol. The number of aliphatic hydroxyl groups is 1. The van der Waals surface area contributed by atoms with Crippen LogP contribution < -0.4 is 20.7 Å². The molecule has 3 atom stereocenters. The van der Waals surface area contributed by atoms with Gasteiger partial charge in [0.25, 0.3) is 0 Å². The average Bonchev–Trinajstić information content (AvgIpc) is 3.87. The molecule has 260 valence electrons. The first-order valence-electron chi connectivity index (χ1n) is 16.7. The molecule has 2 amide bonds. The monoisotopic (exact) mass is 661 g/mol. The van der Waals surface area contributed by atoms with Gasteiger partial charge >= 0.3 is 0 Å². The van der Waals surface area contributed by atoms with Crippen molar-refractivity contribution in [3.05, 3.63) is 64.7 Å². The highest BCUT2D eigenvalue weighted by Crippen LogP contribution is 2.32. The number of benzene rings is 2. The molecule has 1 aliphatic rings. The van der Waals surface area contributed by atoms with E-state index in [1.807, 2.05) is 62.4 Å². The van der Waals surface area contributed by atoms with Gasteiger partial charge in [0.1, 0.15) is 18.1 Å². The number of aliphatic hydroxyl groups excluding tert-OH is 1. The number of para-hydroxylation sites is 1. The van der Waals surface area contributed by atoms with Crippen LogP contribution in [0.4, 0.5) is 0 Å². The summed E-state index contributed by atoms with van der Waals surface area (Å²) in [5.41, 5.74) is 2.39. The first-order valence-corrected chi connectivity index (χ1v) is 17.0. The predicted octanol–water partition coefficient (Wildman–Crippen LogP) is 6.54. The third kappa shape index (κ3) is 21.7. The van der Waals surface area contributed by atoms with Gasteiger partial charge in [-0.25, -0.2) is 0 Å². The van der Waals surface area contributed by atoms with Crippen molar-refractivity contribution in [2.45, 2.75) is 99.6 Å². The highest BCUT2D eigenvalue weighted by Gasteiger charge is 2.33. The largest absolute Gasteiger partial charge is 0.492 e. The van der Waals surface area contributed by atoms with E-state index in [1.165, 1.54) is 12.0 Å². The van der Waals surface area contributed by atoms with Crippen LogP contribution in [0.5, 0.6) is 5.75 Å². The second-order valence-electron chi connectivity index (χ2n) is 12.0. The van der Waals surface area contributed by atoms with Crippen LogP contribution in [0.2, 0.25) is 5.02 Å². The van der Waals surface area contributed by atoms with Crippen molar-refractivity contribution in [3.8, 4) is 5.75 Å². The zero-order chi connectivity index (χ0) is 34.9. The van der Waals surface area contributed by atoms with Gasteiger partial charge in [0.05, 0.1) is 18.1 Å². The summed E-state index contributed by atoms with van der Waals surface area (Å²) in [6, 6.07) is 15.7. The fourth-order valence-corrected chi connectivity index (χ4v) is 3.95. The number of halogens is 1. The van der Waals surface area contributed by atoms with Gasteiger partial charge < -0.3 is 25.8 Å². The van der Waals surface area contributed by atoms with E-state index in [9.17, 15) is 14.4 Å². The van der Waals surface area contributed by atoms with Gasteiger partial charge in [0, 0.05) is 24.7 Å². The summed E-state index contributed by atoms with van der Waals surface area (Å²) < 4.78 is 5.86. The predicted molar refractivity (Wildman–Crippen MR) is 190 cm³/mol. The maximum Gasteiger partial charge on any atom is 0.225 e. The summed E-state index contributed by atoms with van der Waals surface area (Å²) in [6.45, 7) is 18.0. The Morgan fingerprint density at radius 3 is 2.11 bits per heavy atom. The van der Waals surface area contributed by atoms with E-state index >= 15 is 0 Å². The first-order chi connectivity index (χ1) is 21.9. The quantitative estimate of drug-likeness (QED) is 0.120. The number of hydrogen-bond donors (Lipinski definition) is 4. The molecule has 0 bridgehead atoms. The highest BCUT2D eigenvalue weighted by atomic mass is 35.5. The number of hydrogen-bond acceptors (Lipinski definition) is 6. The highest BCUT2D eigenvalue weighted by molar-refractivity contribution is 6.30. The Labute approximate surface area is 283 Å². The molecule has 3 unspecified atom stereocenters. The standard InChI is InChI=1S/C18H26N2O3.C7H7Cl.C7H15NO2.C5H12/c1-14(22)18(16-8-9-16)20-11-12-23-17-7-3-2-5-15(17)6-4-10-19-13-21;1-6-2-4-7(8)5-3-6;1-4-8-7(10)5(2)6(3)9;1-4-5(2)3/h2-3,5,7,13,16,18,20H,4,6,8-12H2,1H3,(H,19,21);2-5H,1H3;5-6,9H,4H2,1-3H3,(H,8,10);5H,4H2,1-3H3. The van der Waals surface area contributed by atoms with E-state index in [-0.39, 0.29) is 23.7 Å². The molecule has 0 aromatic heterocycles. The molecule has 9 heteroatoms. The van der Waals surface area contributed by atoms with Crippen LogP contribution in [0, 0.1) is 24.7 Å². The molecule has 1 aliphatic carbocycles. The van der Waals surface area contributed by atoms with Crippen LogP contribution in [-0.2, 0) is 20.8 Å². The molecule has 8 nitrogen and oxygen atoms in total.